The highest BCUT2D eigenvalue weighted by atomic mass is 35.5. The van der Waals surface area contributed by atoms with Crippen LogP contribution in [0.1, 0.15) is 11.3 Å². The van der Waals surface area contributed by atoms with Crippen molar-refractivity contribution in [1.82, 2.24) is 0 Å². The minimum Gasteiger partial charge on any atom is -0.457 e. The van der Waals surface area contributed by atoms with Crippen molar-refractivity contribution in [3.8, 4) is 17.4 Å². The Hall–Kier alpha value is -3.28. The minimum atomic E-state index is 0.557. The molecule has 1 heterocycles. The van der Waals surface area contributed by atoms with Gasteiger partial charge in [-0.3, -0.25) is 0 Å². The third-order valence-corrected chi connectivity index (χ3v) is 4.58. The van der Waals surface area contributed by atoms with Gasteiger partial charge in [0.2, 0.25) is 0 Å². The van der Waals surface area contributed by atoms with Crippen LogP contribution in [0.3, 0.4) is 0 Å². The molecule has 0 N–H and O–H groups in total. The van der Waals surface area contributed by atoms with Crippen LogP contribution < -0.4 is 0 Å². The molecule has 0 unspecified atom stereocenters. The predicted molar refractivity (Wildman–Crippen MR) is 107 cm³/mol. The first-order valence-corrected chi connectivity index (χ1v) is 8.59. The fraction of sp³-hybridized carbons (Fsp3) is 0. The highest BCUT2D eigenvalue weighted by Gasteiger charge is 2.10. The van der Waals surface area contributed by atoms with E-state index in [0.29, 0.717) is 22.1 Å². The summed E-state index contributed by atoms with van der Waals surface area (Å²) in [6.07, 6.45) is 1.77. The lowest BCUT2D eigenvalue weighted by atomic mass is 9.98. The number of rotatable bonds is 3. The normalized spacial score (nSPS) is 11.5. The first-order valence-electron chi connectivity index (χ1n) is 8.21. The van der Waals surface area contributed by atoms with Crippen molar-refractivity contribution in [2.75, 3.05) is 0 Å². The van der Waals surface area contributed by atoms with E-state index in [9.17, 15) is 5.26 Å². The first kappa shape index (κ1) is 16.2. The van der Waals surface area contributed by atoms with Crippen molar-refractivity contribution >= 4 is 34.0 Å². The van der Waals surface area contributed by atoms with Gasteiger partial charge in [-0.25, -0.2) is 0 Å². The van der Waals surface area contributed by atoms with Gasteiger partial charge in [-0.2, -0.15) is 5.26 Å². The molecule has 0 radical (unpaired) electrons. The van der Waals surface area contributed by atoms with E-state index in [1.54, 1.807) is 6.08 Å². The molecule has 4 rings (SSSR count). The number of allylic oxidation sites excluding steroid dienone is 1. The van der Waals surface area contributed by atoms with Crippen LogP contribution in [0.2, 0.25) is 5.02 Å². The third kappa shape index (κ3) is 3.01. The third-order valence-electron chi connectivity index (χ3n) is 4.25. The molecule has 3 aromatic carbocycles. The van der Waals surface area contributed by atoms with E-state index in [0.717, 1.165) is 21.9 Å². The molecule has 0 fully saturated rings. The van der Waals surface area contributed by atoms with E-state index in [2.05, 4.69) is 6.07 Å². The molecular weight excluding hydrogens is 342 g/mol. The van der Waals surface area contributed by atoms with E-state index in [-0.39, 0.29) is 0 Å². The van der Waals surface area contributed by atoms with Crippen LogP contribution in [-0.4, -0.2) is 0 Å². The summed E-state index contributed by atoms with van der Waals surface area (Å²) in [6, 6.07) is 27.5. The molecule has 0 saturated carbocycles. The van der Waals surface area contributed by atoms with Gasteiger partial charge in [0.15, 0.2) is 0 Å². The van der Waals surface area contributed by atoms with Crippen molar-refractivity contribution in [3.05, 3.63) is 95.2 Å². The van der Waals surface area contributed by atoms with E-state index < -0.39 is 0 Å². The van der Waals surface area contributed by atoms with Crippen molar-refractivity contribution in [2.24, 2.45) is 0 Å². The SMILES string of the molecule is N#CC(=Cc1ccc(-c2ccccc2Cl)o1)c1cccc2ccccc12. The quantitative estimate of drug-likeness (QED) is 0.378. The fourth-order valence-corrected chi connectivity index (χ4v) is 3.24. The molecule has 124 valence electrons. The molecule has 0 aliphatic carbocycles. The van der Waals surface area contributed by atoms with Crippen LogP contribution in [0.5, 0.6) is 0 Å². The second-order valence-electron chi connectivity index (χ2n) is 5.88. The van der Waals surface area contributed by atoms with Crippen LogP contribution in [0.25, 0.3) is 33.7 Å². The first-order chi connectivity index (χ1) is 12.8. The van der Waals surface area contributed by atoms with E-state index >= 15 is 0 Å². The van der Waals surface area contributed by atoms with Gasteiger partial charge < -0.3 is 4.42 Å². The Morgan fingerprint density at radius 1 is 0.885 bits per heavy atom. The lowest BCUT2D eigenvalue weighted by Crippen LogP contribution is -1.84. The molecule has 4 aromatic rings. The van der Waals surface area contributed by atoms with Crippen LogP contribution in [-0.2, 0) is 0 Å². The van der Waals surface area contributed by atoms with Gasteiger partial charge in [-0.1, -0.05) is 66.2 Å². The molecule has 0 amide bonds. The molecule has 2 nitrogen and oxygen atoms in total. The molecule has 26 heavy (non-hydrogen) atoms. The Morgan fingerprint density at radius 3 is 2.50 bits per heavy atom. The van der Waals surface area contributed by atoms with E-state index in [4.69, 9.17) is 16.0 Å². The zero-order valence-corrected chi connectivity index (χ0v) is 14.6. The summed E-state index contributed by atoms with van der Waals surface area (Å²) in [6.45, 7) is 0. The Kier molecular flexibility index (Phi) is 4.31. The molecule has 0 aliphatic rings. The standard InChI is InChI=1S/C23H14ClNO/c24-22-11-4-3-9-21(22)23-13-12-18(26-23)14-17(15-25)20-10-5-7-16-6-1-2-8-19(16)20/h1-14H. The Balaban J connectivity index is 1.78. The van der Waals surface area contributed by atoms with Crippen molar-refractivity contribution in [3.63, 3.8) is 0 Å². The summed E-state index contributed by atoms with van der Waals surface area (Å²) in [5, 5.41) is 12.5. The number of halogens is 1. The summed E-state index contributed by atoms with van der Waals surface area (Å²) in [5.41, 5.74) is 2.28. The molecule has 3 heteroatoms. The van der Waals surface area contributed by atoms with Crippen molar-refractivity contribution in [2.45, 2.75) is 0 Å². The molecule has 0 spiro atoms. The highest BCUT2D eigenvalue weighted by Crippen LogP contribution is 2.31. The van der Waals surface area contributed by atoms with Crippen molar-refractivity contribution < 1.29 is 4.42 Å². The molecule has 0 atom stereocenters. The largest absolute Gasteiger partial charge is 0.457 e. The van der Waals surface area contributed by atoms with Crippen LogP contribution in [0, 0.1) is 11.3 Å². The molecule has 0 aliphatic heterocycles. The number of fused-ring (bicyclic) bond motifs is 1. The van der Waals surface area contributed by atoms with Gasteiger partial charge in [-0.05, 0) is 41.1 Å². The zero-order valence-electron chi connectivity index (χ0n) is 13.8. The maximum absolute atomic E-state index is 9.69. The van der Waals surface area contributed by atoms with Crippen molar-refractivity contribution in [1.29, 1.82) is 5.26 Å². The summed E-state index contributed by atoms with van der Waals surface area (Å²) >= 11 is 6.23. The number of nitriles is 1. The van der Waals surface area contributed by atoms with Gasteiger partial charge in [-0.15, -0.1) is 0 Å². The number of hydrogen-bond donors (Lipinski definition) is 0. The van der Waals surface area contributed by atoms with Gasteiger partial charge in [0.25, 0.3) is 0 Å². The predicted octanol–water partition coefficient (Wildman–Crippen LogP) is 6.82. The average molecular weight is 356 g/mol. The maximum atomic E-state index is 9.69. The number of nitrogens with zero attached hydrogens (tertiary/aromatic N) is 1. The molecule has 0 bridgehead atoms. The Bertz CT molecular complexity index is 1160. The molecular formula is C23H14ClNO. The van der Waals surface area contributed by atoms with Crippen LogP contribution in [0.15, 0.2) is 83.3 Å². The van der Waals surface area contributed by atoms with Gasteiger partial charge >= 0.3 is 0 Å². The second-order valence-corrected chi connectivity index (χ2v) is 6.29. The minimum absolute atomic E-state index is 0.557. The summed E-state index contributed by atoms with van der Waals surface area (Å²) < 4.78 is 5.90. The monoisotopic (exact) mass is 355 g/mol. The van der Waals surface area contributed by atoms with Crippen LogP contribution >= 0.6 is 11.6 Å². The van der Waals surface area contributed by atoms with Gasteiger partial charge in [0.1, 0.15) is 11.5 Å². The van der Waals surface area contributed by atoms with Gasteiger partial charge in [0.05, 0.1) is 16.7 Å². The number of furan rings is 1. The molecule has 0 saturated heterocycles. The summed E-state index contributed by atoms with van der Waals surface area (Å²) in [4.78, 5) is 0. The average Bonchev–Trinajstić information content (AvgIpc) is 3.14. The lowest BCUT2D eigenvalue weighted by molar-refractivity contribution is 0.572. The lowest BCUT2D eigenvalue weighted by Gasteiger charge is -2.05. The highest BCUT2D eigenvalue weighted by molar-refractivity contribution is 6.33. The zero-order chi connectivity index (χ0) is 17.9. The fourth-order valence-electron chi connectivity index (χ4n) is 3.01. The summed E-state index contributed by atoms with van der Waals surface area (Å²) in [5.74, 6) is 1.29. The topological polar surface area (TPSA) is 36.9 Å². The van der Waals surface area contributed by atoms with E-state index in [1.165, 1.54) is 0 Å². The smallest absolute Gasteiger partial charge is 0.136 e. The number of benzene rings is 3. The van der Waals surface area contributed by atoms with Gasteiger partial charge in [0, 0.05) is 11.1 Å². The number of hydrogen-bond acceptors (Lipinski definition) is 2. The summed E-state index contributed by atoms with van der Waals surface area (Å²) in [7, 11) is 0. The maximum Gasteiger partial charge on any atom is 0.136 e. The molecule has 1 aromatic heterocycles. The Morgan fingerprint density at radius 2 is 1.65 bits per heavy atom. The van der Waals surface area contributed by atoms with Crippen LogP contribution in [0.4, 0.5) is 0 Å². The second kappa shape index (κ2) is 6.92. The van der Waals surface area contributed by atoms with E-state index in [1.807, 2.05) is 78.9 Å². The Labute approximate surface area is 156 Å².